The fraction of sp³-hybridized carbons (Fsp3) is 0.612. The van der Waals surface area contributed by atoms with Crippen molar-refractivity contribution in [2.45, 2.75) is 112 Å². The first-order valence-corrected chi connectivity index (χ1v) is 21.9. The molecule has 0 heterocycles. The lowest BCUT2D eigenvalue weighted by molar-refractivity contribution is -0.194. The van der Waals surface area contributed by atoms with E-state index in [-0.39, 0.29) is 51.7 Å². The number of rotatable bonds is 11. The fourth-order valence-electron chi connectivity index (χ4n) is 13.6. The van der Waals surface area contributed by atoms with E-state index in [1.165, 1.54) is 11.1 Å². The number of carbonyl (C=O) groups is 3. The van der Waals surface area contributed by atoms with Crippen LogP contribution in [0.4, 0.5) is 0 Å². The van der Waals surface area contributed by atoms with Crippen LogP contribution in [-0.4, -0.2) is 71.8 Å². The van der Waals surface area contributed by atoms with Crippen LogP contribution in [0.3, 0.4) is 0 Å². The summed E-state index contributed by atoms with van der Waals surface area (Å²) < 4.78 is 0. The summed E-state index contributed by atoms with van der Waals surface area (Å²) in [5.41, 5.74) is 5.64. The number of allylic oxidation sites excluding steroid dienone is 3. The monoisotopic (exact) mass is 795 g/mol. The molecule has 57 heavy (non-hydrogen) atoms. The first kappa shape index (κ1) is 41.9. The van der Waals surface area contributed by atoms with E-state index in [2.05, 4.69) is 83.8 Å². The summed E-state index contributed by atoms with van der Waals surface area (Å²) >= 11 is 6.20. The van der Waals surface area contributed by atoms with E-state index in [1.54, 1.807) is 12.1 Å². The summed E-state index contributed by atoms with van der Waals surface area (Å²) in [4.78, 5) is 44.5. The number of amides is 1. The highest BCUT2D eigenvalue weighted by Crippen LogP contribution is 2.76. The molecule has 0 spiro atoms. The molecule has 7 rings (SSSR count). The van der Waals surface area contributed by atoms with Crippen LogP contribution in [0.2, 0.25) is 5.02 Å². The number of likely N-dealkylation sites (N-methyl/N-ethyl adjacent to an activating group) is 1. The minimum atomic E-state index is -0.894. The zero-order chi connectivity index (χ0) is 41.3. The molecule has 0 bridgehead atoms. The Balaban J connectivity index is 1.18. The van der Waals surface area contributed by atoms with E-state index in [4.69, 9.17) is 11.6 Å². The average Bonchev–Trinajstić information content (AvgIpc) is 3.43. The molecule has 2 N–H and O–H groups in total. The summed E-state index contributed by atoms with van der Waals surface area (Å²) in [7, 11) is 4.12. The van der Waals surface area contributed by atoms with Crippen LogP contribution in [0, 0.1) is 45.3 Å². The number of fused-ring (bicyclic) bond motifs is 7. The highest BCUT2D eigenvalue weighted by molar-refractivity contribution is 6.30. The molecule has 7 nitrogen and oxygen atoms in total. The second kappa shape index (κ2) is 15.1. The van der Waals surface area contributed by atoms with Gasteiger partial charge in [0.1, 0.15) is 0 Å². The van der Waals surface area contributed by atoms with Crippen molar-refractivity contribution < 1.29 is 19.5 Å². The molecule has 1 amide bonds. The van der Waals surface area contributed by atoms with Crippen LogP contribution in [0.5, 0.6) is 0 Å². The number of hydrogen-bond acceptors (Lipinski definition) is 5. The Bertz CT molecular complexity index is 1970. The summed E-state index contributed by atoms with van der Waals surface area (Å²) in [6.45, 7) is 19.4. The molecule has 308 valence electrons. The second-order valence-electron chi connectivity index (χ2n) is 20.4. The van der Waals surface area contributed by atoms with E-state index < -0.39 is 11.5 Å². The van der Waals surface area contributed by atoms with Gasteiger partial charge in [0.2, 0.25) is 5.91 Å². The Morgan fingerprint density at radius 3 is 2.19 bits per heavy atom. The Labute approximate surface area is 346 Å². The van der Waals surface area contributed by atoms with Gasteiger partial charge in [0.15, 0.2) is 5.78 Å². The van der Waals surface area contributed by atoms with Crippen molar-refractivity contribution in [2.75, 3.05) is 33.7 Å². The molecule has 2 aromatic carbocycles. The summed E-state index contributed by atoms with van der Waals surface area (Å²) in [6.07, 6.45) is 10.1. The predicted octanol–water partition coefficient (Wildman–Crippen LogP) is 9.94. The normalized spacial score (nSPS) is 33.1. The van der Waals surface area contributed by atoms with Crippen molar-refractivity contribution in [2.24, 2.45) is 45.3 Å². The lowest BCUT2D eigenvalue weighted by Gasteiger charge is -2.71. The van der Waals surface area contributed by atoms with Gasteiger partial charge >= 0.3 is 5.97 Å². The SMILES string of the molecule is CC(C)C1=C2C3CCC4[C@@]5(C)CC=C(c6ccc(C(=O)O)cc6)C(C)(C)C5CC[C@@]4(C)[C@]3(C)CC[C@@]2(NC(=O)CN(CCN(C)C)Cc2ccc(Cl)cc2)CC1=O. The summed E-state index contributed by atoms with van der Waals surface area (Å²) in [5, 5.41) is 13.8. The summed E-state index contributed by atoms with van der Waals surface area (Å²) in [5.74, 6) is 0.686. The van der Waals surface area contributed by atoms with E-state index in [9.17, 15) is 19.5 Å². The molecule has 0 radical (unpaired) electrons. The van der Waals surface area contributed by atoms with Gasteiger partial charge in [-0.1, -0.05) is 90.4 Å². The number of carboxylic acid groups (broad SMARTS) is 1. The molecular formula is C49H66ClN3O4. The third-order valence-corrected chi connectivity index (χ3v) is 16.6. The number of hydrogen-bond donors (Lipinski definition) is 2. The van der Waals surface area contributed by atoms with E-state index in [0.717, 1.165) is 74.7 Å². The molecule has 7 atom stereocenters. The second-order valence-corrected chi connectivity index (χ2v) is 20.8. The standard InChI is InChI=1S/C49H66ClN3O4/c1-31(2)42-38(54)28-49(51-41(55)30-53(27-26-52(8)9)29-32-10-16-35(50)17-11-32)25-24-47(6)37(43(42)49)18-19-40-46(5)22-20-36(33-12-14-34(15-13-33)44(56)57)45(3,4)39(46)21-23-48(40,47)7/h10-17,20,31,37,39-40H,18-19,21-30H2,1-9H3,(H,51,55)(H,56,57)/t37?,39?,40?,46-,47+,48+,49+/m0/s1. The average molecular weight is 797 g/mol. The van der Waals surface area contributed by atoms with Crippen LogP contribution < -0.4 is 5.32 Å². The highest BCUT2D eigenvalue weighted by atomic mass is 35.5. The van der Waals surface area contributed by atoms with Crippen LogP contribution in [0.1, 0.15) is 121 Å². The van der Waals surface area contributed by atoms with Gasteiger partial charge in [-0.05, 0) is 156 Å². The number of halogens is 1. The number of nitrogens with one attached hydrogen (secondary N) is 1. The molecule has 5 aliphatic rings. The van der Waals surface area contributed by atoms with Crippen molar-refractivity contribution in [1.82, 2.24) is 15.1 Å². The predicted molar refractivity (Wildman–Crippen MR) is 230 cm³/mol. The van der Waals surface area contributed by atoms with Gasteiger partial charge in [0, 0.05) is 31.1 Å². The number of ketones is 1. The number of carboxylic acids is 1. The molecule has 2 aromatic rings. The first-order chi connectivity index (χ1) is 26.8. The lowest BCUT2D eigenvalue weighted by atomic mass is 9.33. The van der Waals surface area contributed by atoms with Gasteiger partial charge < -0.3 is 15.3 Å². The largest absolute Gasteiger partial charge is 0.478 e. The molecule has 5 aliphatic carbocycles. The number of nitrogens with zero attached hydrogens (tertiary/aromatic N) is 2. The maximum atomic E-state index is 14.3. The fourth-order valence-corrected chi connectivity index (χ4v) is 13.7. The highest BCUT2D eigenvalue weighted by Gasteiger charge is 2.69. The minimum Gasteiger partial charge on any atom is -0.478 e. The van der Waals surface area contributed by atoms with Crippen LogP contribution in [0.25, 0.3) is 5.57 Å². The Hall–Kier alpha value is -3.26. The van der Waals surface area contributed by atoms with Crippen molar-refractivity contribution in [3.05, 3.63) is 87.5 Å². The number of carbonyl (C=O) groups excluding carboxylic acids is 2. The topological polar surface area (TPSA) is 89.9 Å². The maximum absolute atomic E-state index is 14.3. The van der Waals surface area contributed by atoms with Gasteiger partial charge in [0.25, 0.3) is 0 Å². The molecular weight excluding hydrogens is 730 g/mol. The number of Topliss-reactive ketones (excluding diaryl/α,β-unsaturated/α-hetero) is 1. The van der Waals surface area contributed by atoms with E-state index in [1.807, 2.05) is 36.4 Å². The molecule has 0 aromatic heterocycles. The van der Waals surface area contributed by atoms with Gasteiger partial charge in [-0.2, -0.15) is 0 Å². The molecule has 0 aliphatic heterocycles. The first-order valence-electron chi connectivity index (χ1n) is 21.5. The van der Waals surface area contributed by atoms with Crippen LogP contribution >= 0.6 is 11.6 Å². The molecule has 3 fully saturated rings. The zero-order valence-corrected chi connectivity index (χ0v) is 36.7. The lowest BCUT2D eigenvalue weighted by Crippen LogP contribution is -2.66. The van der Waals surface area contributed by atoms with Crippen LogP contribution in [-0.2, 0) is 16.1 Å². The molecule has 0 saturated heterocycles. The third kappa shape index (κ3) is 7.05. The molecule has 3 unspecified atom stereocenters. The van der Waals surface area contributed by atoms with Crippen molar-refractivity contribution in [1.29, 1.82) is 0 Å². The minimum absolute atomic E-state index is 0.000764. The van der Waals surface area contributed by atoms with Gasteiger partial charge in [-0.15, -0.1) is 0 Å². The smallest absolute Gasteiger partial charge is 0.335 e. The van der Waals surface area contributed by atoms with Gasteiger partial charge in [-0.3, -0.25) is 14.5 Å². The van der Waals surface area contributed by atoms with Gasteiger partial charge in [-0.25, -0.2) is 4.79 Å². The van der Waals surface area contributed by atoms with Gasteiger partial charge in [0.05, 0.1) is 17.6 Å². The van der Waals surface area contributed by atoms with Crippen LogP contribution in [0.15, 0.2) is 65.8 Å². The van der Waals surface area contributed by atoms with Crippen molar-refractivity contribution in [3.8, 4) is 0 Å². The van der Waals surface area contributed by atoms with Crippen molar-refractivity contribution in [3.63, 3.8) is 0 Å². The third-order valence-electron chi connectivity index (χ3n) is 16.4. The Kier molecular flexibility index (Phi) is 11.1. The van der Waals surface area contributed by atoms with E-state index >= 15 is 0 Å². The maximum Gasteiger partial charge on any atom is 0.335 e. The number of aromatic carboxylic acids is 1. The molecule has 8 heteroatoms. The molecule has 3 saturated carbocycles. The Morgan fingerprint density at radius 2 is 1.56 bits per heavy atom. The Morgan fingerprint density at radius 1 is 0.877 bits per heavy atom. The quantitative estimate of drug-likeness (QED) is 0.236. The van der Waals surface area contributed by atoms with Crippen molar-refractivity contribution >= 4 is 34.8 Å². The van der Waals surface area contributed by atoms with E-state index in [0.29, 0.717) is 35.4 Å². The zero-order valence-electron chi connectivity index (χ0n) is 35.9. The number of benzene rings is 2. The summed E-state index contributed by atoms with van der Waals surface area (Å²) in [6, 6.07) is 15.3.